The van der Waals surface area contributed by atoms with Crippen molar-refractivity contribution >= 4 is 5.69 Å². The summed E-state index contributed by atoms with van der Waals surface area (Å²) < 4.78 is 26.1. The zero-order valence-corrected chi connectivity index (χ0v) is 11.4. The van der Waals surface area contributed by atoms with Gasteiger partial charge >= 0.3 is 0 Å². The maximum Gasteiger partial charge on any atom is 0.125 e. The van der Waals surface area contributed by atoms with Crippen molar-refractivity contribution in [3.05, 3.63) is 65.2 Å². The Hall–Kier alpha value is -1.90. The van der Waals surface area contributed by atoms with Gasteiger partial charge in [-0.3, -0.25) is 0 Å². The highest BCUT2D eigenvalue weighted by Crippen LogP contribution is 2.38. The van der Waals surface area contributed by atoms with Crippen LogP contribution in [0.2, 0.25) is 0 Å². The van der Waals surface area contributed by atoms with Crippen molar-refractivity contribution in [3.8, 4) is 0 Å². The Bertz CT molecular complexity index is 601. The van der Waals surface area contributed by atoms with Crippen LogP contribution in [0.4, 0.5) is 14.5 Å². The van der Waals surface area contributed by atoms with Crippen molar-refractivity contribution < 1.29 is 8.78 Å². The molecule has 0 radical (unpaired) electrons. The molecule has 0 amide bonds. The minimum absolute atomic E-state index is 0.196. The monoisotopic (exact) mass is 273 g/mol. The van der Waals surface area contributed by atoms with Crippen molar-refractivity contribution in [3.63, 3.8) is 0 Å². The van der Waals surface area contributed by atoms with Crippen LogP contribution in [-0.2, 0) is 0 Å². The van der Waals surface area contributed by atoms with Gasteiger partial charge in [-0.15, -0.1) is 0 Å². The minimum Gasteiger partial charge on any atom is -0.382 e. The SMILES string of the molecule is Cc1ccc(F)cc1NC1CC(c2ccc(F)cc2)C1. The van der Waals surface area contributed by atoms with Crippen molar-refractivity contribution in [2.75, 3.05) is 5.32 Å². The molecule has 2 aromatic carbocycles. The van der Waals surface area contributed by atoms with Gasteiger partial charge in [-0.25, -0.2) is 8.78 Å². The standard InChI is InChI=1S/C17H17F2N/c1-11-2-5-15(19)10-17(11)20-16-8-13(9-16)12-3-6-14(18)7-4-12/h2-7,10,13,16,20H,8-9H2,1H3. The second-order valence-electron chi connectivity index (χ2n) is 5.52. The fourth-order valence-corrected chi connectivity index (χ4v) is 2.71. The van der Waals surface area contributed by atoms with Gasteiger partial charge in [0.1, 0.15) is 11.6 Å². The third-order valence-electron chi connectivity index (χ3n) is 4.04. The van der Waals surface area contributed by atoms with Crippen LogP contribution >= 0.6 is 0 Å². The molecule has 0 aliphatic heterocycles. The Balaban J connectivity index is 1.60. The van der Waals surface area contributed by atoms with Crippen LogP contribution in [-0.4, -0.2) is 6.04 Å². The van der Waals surface area contributed by atoms with Gasteiger partial charge in [-0.05, 0) is 61.1 Å². The van der Waals surface area contributed by atoms with Gasteiger partial charge in [0.2, 0.25) is 0 Å². The molecule has 1 N–H and O–H groups in total. The fourth-order valence-electron chi connectivity index (χ4n) is 2.71. The van der Waals surface area contributed by atoms with Crippen LogP contribution in [0.3, 0.4) is 0 Å². The summed E-state index contributed by atoms with van der Waals surface area (Å²) in [5.74, 6) is 0.0626. The van der Waals surface area contributed by atoms with E-state index in [9.17, 15) is 8.78 Å². The molecule has 0 unspecified atom stereocenters. The van der Waals surface area contributed by atoms with Gasteiger partial charge in [0.15, 0.2) is 0 Å². The minimum atomic E-state index is -0.215. The van der Waals surface area contributed by atoms with Gasteiger partial charge in [0, 0.05) is 11.7 Å². The fraction of sp³-hybridized carbons (Fsp3) is 0.294. The van der Waals surface area contributed by atoms with E-state index in [1.165, 1.54) is 23.8 Å². The van der Waals surface area contributed by atoms with Crippen LogP contribution in [0, 0.1) is 18.6 Å². The van der Waals surface area contributed by atoms with E-state index in [4.69, 9.17) is 0 Å². The molecule has 0 aromatic heterocycles. The summed E-state index contributed by atoms with van der Waals surface area (Å²) in [6.07, 6.45) is 2.00. The van der Waals surface area contributed by atoms with Gasteiger partial charge in [-0.2, -0.15) is 0 Å². The van der Waals surface area contributed by atoms with E-state index in [0.717, 1.165) is 24.1 Å². The zero-order valence-electron chi connectivity index (χ0n) is 11.4. The first-order valence-corrected chi connectivity index (χ1v) is 6.90. The van der Waals surface area contributed by atoms with E-state index in [2.05, 4.69) is 5.32 Å². The summed E-state index contributed by atoms with van der Waals surface area (Å²) in [5.41, 5.74) is 3.10. The second kappa shape index (κ2) is 5.23. The third kappa shape index (κ3) is 2.67. The predicted octanol–water partition coefficient (Wildman–Crippen LogP) is 4.63. The molecule has 3 rings (SSSR count). The molecule has 1 nitrogen and oxygen atoms in total. The van der Waals surface area contributed by atoms with Crippen LogP contribution in [0.15, 0.2) is 42.5 Å². The summed E-state index contributed by atoms with van der Waals surface area (Å²) in [6, 6.07) is 11.9. The van der Waals surface area contributed by atoms with Crippen molar-refractivity contribution in [1.29, 1.82) is 0 Å². The molecule has 0 heterocycles. The summed E-state index contributed by atoms with van der Waals surface area (Å²) in [4.78, 5) is 0. The number of aryl methyl sites for hydroxylation is 1. The summed E-state index contributed by atoms with van der Waals surface area (Å²) in [7, 11) is 0. The lowest BCUT2D eigenvalue weighted by atomic mass is 9.76. The summed E-state index contributed by atoms with van der Waals surface area (Å²) in [5, 5.41) is 3.38. The normalized spacial score (nSPS) is 21.4. The molecular weight excluding hydrogens is 256 g/mol. The average molecular weight is 273 g/mol. The Morgan fingerprint density at radius 1 is 0.950 bits per heavy atom. The topological polar surface area (TPSA) is 12.0 Å². The first-order valence-electron chi connectivity index (χ1n) is 6.90. The highest BCUT2D eigenvalue weighted by atomic mass is 19.1. The highest BCUT2D eigenvalue weighted by Gasteiger charge is 2.30. The van der Waals surface area contributed by atoms with Gasteiger partial charge in [0.05, 0.1) is 0 Å². The number of hydrogen-bond donors (Lipinski definition) is 1. The van der Waals surface area contributed by atoms with E-state index in [0.29, 0.717) is 12.0 Å². The Labute approximate surface area is 117 Å². The predicted molar refractivity (Wildman–Crippen MR) is 76.9 cm³/mol. The van der Waals surface area contributed by atoms with Crippen molar-refractivity contribution in [1.82, 2.24) is 0 Å². The third-order valence-corrected chi connectivity index (χ3v) is 4.04. The first kappa shape index (κ1) is 13.1. The molecule has 0 atom stereocenters. The summed E-state index contributed by atoms with van der Waals surface area (Å²) >= 11 is 0. The van der Waals surface area contributed by atoms with E-state index in [1.54, 1.807) is 12.1 Å². The molecule has 0 bridgehead atoms. The number of nitrogens with one attached hydrogen (secondary N) is 1. The molecule has 1 saturated carbocycles. The Morgan fingerprint density at radius 3 is 2.30 bits per heavy atom. The van der Waals surface area contributed by atoms with Crippen molar-refractivity contribution in [2.24, 2.45) is 0 Å². The maximum atomic E-state index is 13.2. The van der Waals surface area contributed by atoms with E-state index in [1.807, 2.05) is 19.1 Å². The van der Waals surface area contributed by atoms with Gasteiger partial charge in [0.25, 0.3) is 0 Å². The second-order valence-corrected chi connectivity index (χ2v) is 5.52. The summed E-state index contributed by atoms with van der Waals surface area (Å²) in [6.45, 7) is 1.97. The number of hydrogen-bond acceptors (Lipinski definition) is 1. The number of benzene rings is 2. The van der Waals surface area contributed by atoms with Crippen LogP contribution in [0.1, 0.15) is 29.9 Å². The van der Waals surface area contributed by atoms with E-state index in [-0.39, 0.29) is 11.6 Å². The quantitative estimate of drug-likeness (QED) is 0.859. The highest BCUT2D eigenvalue weighted by molar-refractivity contribution is 5.52. The molecule has 0 saturated heterocycles. The lowest BCUT2D eigenvalue weighted by Gasteiger charge is -2.37. The van der Waals surface area contributed by atoms with Crippen LogP contribution in [0.5, 0.6) is 0 Å². The molecule has 0 spiro atoms. The smallest absolute Gasteiger partial charge is 0.125 e. The molecule has 1 fully saturated rings. The molecule has 2 aromatic rings. The average Bonchev–Trinajstić information content (AvgIpc) is 2.39. The van der Waals surface area contributed by atoms with Crippen molar-refractivity contribution in [2.45, 2.75) is 31.7 Å². The van der Waals surface area contributed by atoms with Gasteiger partial charge < -0.3 is 5.32 Å². The largest absolute Gasteiger partial charge is 0.382 e. The van der Waals surface area contributed by atoms with E-state index >= 15 is 0 Å². The zero-order chi connectivity index (χ0) is 14.1. The molecule has 20 heavy (non-hydrogen) atoms. The number of halogens is 2. The first-order chi connectivity index (χ1) is 9.61. The van der Waals surface area contributed by atoms with Gasteiger partial charge in [-0.1, -0.05) is 18.2 Å². The molecular formula is C17H17F2N. The lowest BCUT2D eigenvalue weighted by molar-refractivity contribution is 0.373. The number of anilines is 1. The molecule has 1 aliphatic rings. The maximum absolute atomic E-state index is 13.2. The molecule has 104 valence electrons. The van der Waals surface area contributed by atoms with Crippen LogP contribution in [0.25, 0.3) is 0 Å². The number of rotatable bonds is 3. The Kier molecular flexibility index (Phi) is 3.43. The lowest BCUT2D eigenvalue weighted by Crippen LogP contribution is -2.34. The Morgan fingerprint density at radius 2 is 1.60 bits per heavy atom. The van der Waals surface area contributed by atoms with Crippen LogP contribution < -0.4 is 5.32 Å². The molecule has 1 aliphatic carbocycles. The van der Waals surface area contributed by atoms with E-state index < -0.39 is 0 Å². The molecule has 3 heteroatoms.